The third kappa shape index (κ3) is 2.41. The molecular weight excluding hydrogens is 297 g/mol. The lowest BCUT2D eigenvalue weighted by molar-refractivity contribution is -0.191. The van der Waals surface area contributed by atoms with Crippen LogP contribution in [0.1, 0.15) is 5.56 Å². The van der Waals surface area contributed by atoms with Crippen LogP contribution in [0.3, 0.4) is 0 Å². The van der Waals surface area contributed by atoms with Crippen LogP contribution in [-0.2, 0) is 4.74 Å². The Labute approximate surface area is 115 Å². The van der Waals surface area contributed by atoms with Crippen molar-refractivity contribution >= 4 is 12.2 Å². The zero-order chi connectivity index (χ0) is 15.2. The van der Waals surface area contributed by atoms with Gasteiger partial charge in [0, 0.05) is 11.6 Å². The van der Waals surface area contributed by atoms with Crippen LogP contribution >= 0.6 is 0 Å². The molecule has 0 amide bonds. The van der Waals surface area contributed by atoms with E-state index in [0.717, 1.165) is 6.08 Å². The van der Waals surface area contributed by atoms with Crippen molar-refractivity contribution in [2.75, 3.05) is 6.79 Å². The highest BCUT2D eigenvalue weighted by Crippen LogP contribution is 2.44. The maximum absolute atomic E-state index is 12.9. The van der Waals surface area contributed by atoms with E-state index in [9.17, 15) is 18.0 Å². The first-order valence-corrected chi connectivity index (χ1v) is 5.64. The van der Waals surface area contributed by atoms with Crippen molar-refractivity contribution in [3.63, 3.8) is 0 Å². The van der Waals surface area contributed by atoms with Crippen molar-refractivity contribution in [2.24, 2.45) is 0 Å². The minimum Gasteiger partial charge on any atom is -0.472 e. The quantitative estimate of drug-likeness (QED) is 0.804. The Morgan fingerprint density at radius 3 is 2.52 bits per heavy atom. The average Bonchev–Trinajstić information content (AvgIpc) is 2.80. The summed E-state index contributed by atoms with van der Waals surface area (Å²) in [4.78, 5) is 10.5. The molecule has 1 aromatic carbocycles. The molecule has 2 heterocycles. The summed E-state index contributed by atoms with van der Waals surface area (Å²) in [5.41, 5.74) is 0.205. The van der Waals surface area contributed by atoms with Gasteiger partial charge in [0.25, 0.3) is 6.10 Å². The number of alkyl halides is 3. The van der Waals surface area contributed by atoms with Gasteiger partial charge < -0.3 is 24.1 Å². The molecule has 9 heteroatoms. The fraction of sp³-hybridized carbons (Fsp3) is 0.250. The van der Waals surface area contributed by atoms with Gasteiger partial charge in [0.15, 0.2) is 17.3 Å². The van der Waals surface area contributed by atoms with Crippen molar-refractivity contribution < 1.29 is 42.0 Å². The molecule has 1 N–H and O–H groups in total. The van der Waals surface area contributed by atoms with E-state index in [1.54, 1.807) is 0 Å². The Hall–Kier alpha value is -2.58. The van der Waals surface area contributed by atoms with Gasteiger partial charge in [-0.2, -0.15) is 13.2 Å². The van der Waals surface area contributed by atoms with Crippen molar-refractivity contribution in [3.8, 4) is 17.2 Å². The third-order valence-corrected chi connectivity index (χ3v) is 2.81. The lowest BCUT2D eigenvalue weighted by Crippen LogP contribution is -2.39. The Balaban J connectivity index is 2.05. The van der Waals surface area contributed by atoms with Crippen LogP contribution in [0.4, 0.5) is 18.0 Å². The largest absolute Gasteiger partial charge is 0.511 e. The Morgan fingerprint density at radius 1 is 1.24 bits per heavy atom. The zero-order valence-corrected chi connectivity index (χ0v) is 10.1. The van der Waals surface area contributed by atoms with Crippen molar-refractivity contribution in [1.29, 1.82) is 0 Å². The second-order valence-corrected chi connectivity index (χ2v) is 4.20. The standard InChI is InChI=1S/C12H7F3O6/c13-12(14,15)10-9(21-11(16)17)2-5-1-7-8(19-4-18-7)3-6(5)20-10/h1-3,10H,4H2,(H,16,17). The summed E-state index contributed by atoms with van der Waals surface area (Å²) in [7, 11) is 0. The molecule has 21 heavy (non-hydrogen) atoms. The van der Waals surface area contributed by atoms with Gasteiger partial charge in [0.2, 0.25) is 6.79 Å². The van der Waals surface area contributed by atoms with E-state index in [-0.39, 0.29) is 23.9 Å². The van der Waals surface area contributed by atoms with E-state index in [1.165, 1.54) is 12.1 Å². The van der Waals surface area contributed by atoms with Crippen molar-refractivity contribution in [3.05, 3.63) is 23.5 Å². The van der Waals surface area contributed by atoms with Crippen LogP contribution in [0, 0.1) is 0 Å². The number of carbonyl (C=O) groups is 1. The van der Waals surface area contributed by atoms with Gasteiger partial charge >= 0.3 is 12.3 Å². The molecule has 0 spiro atoms. The summed E-state index contributed by atoms with van der Waals surface area (Å²) < 4.78 is 57.9. The molecule has 0 bridgehead atoms. The lowest BCUT2D eigenvalue weighted by Gasteiger charge is -2.27. The van der Waals surface area contributed by atoms with Crippen LogP contribution in [0.15, 0.2) is 17.9 Å². The van der Waals surface area contributed by atoms with E-state index in [2.05, 4.69) is 4.74 Å². The number of carboxylic acid groups (broad SMARTS) is 1. The second-order valence-electron chi connectivity index (χ2n) is 4.20. The van der Waals surface area contributed by atoms with Gasteiger partial charge in [0.1, 0.15) is 5.75 Å². The fourth-order valence-electron chi connectivity index (χ4n) is 1.98. The van der Waals surface area contributed by atoms with Gasteiger partial charge in [-0.1, -0.05) is 0 Å². The molecule has 2 aliphatic heterocycles. The minimum atomic E-state index is -4.82. The first-order valence-electron chi connectivity index (χ1n) is 5.64. The van der Waals surface area contributed by atoms with Gasteiger partial charge in [0.05, 0.1) is 0 Å². The minimum absolute atomic E-state index is 0.0525. The van der Waals surface area contributed by atoms with Crippen LogP contribution in [0.2, 0.25) is 0 Å². The molecular formula is C12H7F3O6. The van der Waals surface area contributed by atoms with E-state index >= 15 is 0 Å². The van der Waals surface area contributed by atoms with E-state index < -0.39 is 24.2 Å². The lowest BCUT2D eigenvalue weighted by atomic mass is 10.1. The highest BCUT2D eigenvalue weighted by molar-refractivity contribution is 5.69. The maximum atomic E-state index is 12.9. The smallest absolute Gasteiger partial charge is 0.472 e. The van der Waals surface area contributed by atoms with E-state index in [1.807, 2.05) is 0 Å². The molecule has 0 aromatic heterocycles. The molecule has 0 fully saturated rings. The number of fused-ring (bicyclic) bond motifs is 2. The Morgan fingerprint density at radius 2 is 1.90 bits per heavy atom. The summed E-state index contributed by atoms with van der Waals surface area (Å²) in [6.45, 7) is -0.0525. The molecule has 1 unspecified atom stereocenters. The molecule has 0 radical (unpaired) electrons. The highest BCUT2D eigenvalue weighted by atomic mass is 19.4. The number of hydrogen-bond donors (Lipinski definition) is 1. The molecule has 1 atom stereocenters. The molecule has 1 aromatic rings. The Kier molecular flexibility index (Phi) is 2.85. The number of halogens is 3. The van der Waals surface area contributed by atoms with E-state index in [0.29, 0.717) is 5.75 Å². The van der Waals surface area contributed by atoms with Gasteiger partial charge in [-0.15, -0.1) is 0 Å². The summed E-state index contributed by atoms with van der Waals surface area (Å²) in [6.07, 6.45) is -8.23. The van der Waals surface area contributed by atoms with Gasteiger partial charge in [-0.05, 0) is 12.1 Å². The van der Waals surface area contributed by atoms with Crippen molar-refractivity contribution in [1.82, 2.24) is 0 Å². The number of benzene rings is 1. The molecule has 0 saturated carbocycles. The van der Waals surface area contributed by atoms with Crippen LogP contribution in [0.5, 0.6) is 17.2 Å². The van der Waals surface area contributed by atoms with Crippen molar-refractivity contribution in [2.45, 2.75) is 12.3 Å². The Bertz CT molecular complexity index is 637. The summed E-state index contributed by atoms with van der Waals surface area (Å²) in [5.74, 6) is -0.375. The third-order valence-electron chi connectivity index (χ3n) is 2.81. The topological polar surface area (TPSA) is 74.2 Å². The molecule has 3 rings (SSSR count). The van der Waals surface area contributed by atoms with Crippen LogP contribution in [0.25, 0.3) is 6.08 Å². The number of ether oxygens (including phenoxy) is 4. The second kappa shape index (κ2) is 4.47. The monoisotopic (exact) mass is 304 g/mol. The normalized spacial score (nSPS) is 19.4. The fourth-order valence-corrected chi connectivity index (χ4v) is 1.98. The molecule has 112 valence electrons. The van der Waals surface area contributed by atoms with E-state index in [4.69, 9.17) is 19.3 Å². The van der Waals surface area contributed by atoms with Gasteiger partial charge in [-0.3, -0.25) is 0 Å². The maximum Gasteiger partial charge on any atom is 0.511 e. The average molecular weight is 304 g/mol. The molecule has 6 nitrogen and oxygen atoms in total. The predicted octanol–water partition coefficient (Wildman–Crippen LogP) is 2.77. The molecule has 2 aliphatic rings. The number of rotatable bonds is 1. The van der Waals surface area contributed by atoms with Gasteiger partial charge in [-0.25, -0.2) is 4.79 Å². The molecule has 0 saturated heterocycles. The zero-order valence-electron chi connectivity index (χ0n) is 10.1. The predicted molar refractivity (Wildman–Crippen MR) is 60.1 cm³/mol. The number of hydrogen-bond acceptors (Lipinski definition) is 5. The van der Waals surface area contributed by atoms with Crippen LogP contribution < -0.4 is 14.2 Å². The molecule has 0 aliphatic carbocycles. The summed E-state index contributed by atoms with van der Waals surface area (Å²) >= 11 is 0. The first kappa shape index (κ1) is 13.4. The van der Waals surface area contributed by atoms with Crippen LogP contribution in [-0.4, -0.2) is 30.3 Å². The SMILES string of the molecule is O=C(O)OC1=Cc2cc3c(cc2OC1C(F)(F)F)OCO3. The highest BCUT2D eigenvalue weighted by Gasteiger charge is 2.48. The summed E-state index contributed by atoms with van der Waals surface area (Å²) in [5, 5.41) is 8.52. The summed E-state index contributed by atoms with van der Waals surface area (Å²) in [6, 6.07) is 2.64. The first-order chi connectivity index (χ1) is 9.84.